The van der Waals surface area contributed by atoms with Gasteiger partial charge in [-0.3, -0.25) is 4.79 Å². The Labute approximate surface area is 161 Å². The second-order valence-electron chi connectivity index (χ2n) is 8.01. The highest BCUT2D eigenvalue weighted by Gasteiger charge is 2.30. The van der Waals surface area contributed by atoms with E-state index < -0.39 is 16.5 Å². The van der Waals surface area contributed by atoms with Crippen molar-refractivity contribution in [2.45, 2.75) is 49.7 Å². The number of benzene rings is 1. The van der Waals surface area contributed by atoms with Crippen molar-refractivity contribution < 1.29 is 14.3 Å². The quantitative estimate of drug-likeness (QED) is 0.615. The van der Waals surface area contributed by atoms with Crippen molar-refractivity contribution in [2.24, 2.45) is 0 Å². The lowest BCUT2D eigenvalue weighted by Gasteiger charge is -2.18. The number of carbonyl (C=O) groups is 1. The van der Waals surface area contributed by atoms with Crippen LogP contribution in [0.5, 0.6) is 0 Å². The van der Waals surface area contributed by atoms with Gasteiger partial charge in [-0.05, 0) is 38.1 Å². The van der Waals surface area contributed by atoms with E-state index in [2.05, 4.69) is 35.7 Å². The molecule has 0 amide bonds. The fourth-order valence-corrected chi connectivity index (χ4v) is 3.56. The van der Waals surface area contributed by atoms with Gasteiger partial charge in [0.2, 0.25) is 0 Å². The molecule has 0 bridgehead atoms. The van der Waals surface area contributed by atoms with E-state index in [0.717, 1.165) is 34.2 Å². The molecule has 0 aliphatic heterocycles. The molecule has 0 radical (unpaired) electrons. The minimum atomic E-state index is -1.12. The molecule has 0 aliphatic carbocycles. The van der Waals surface area contributed by atoms with E-state index in [1.807, 2.05) is 12.1 Å². The van der Waals surface area contributed by atoms with Gasteiger partial charge in [-0.25, -0.2) is 14.4 Å². The second kappa shape index (κ2) is 6.64. The van der Waals surface area contributed by atoms with E-state index in [9.17, 15) is 14.3 Å². The van der Waals surface area contributed by atoms with Crippen LogP contribution in [0, 0.1) is 5.82 Å². The zero-order chi connectivity index (χ0) is 20.0. The maximum atomic E-state index is 14.5. The number of carboxylic acid groups (broad SMARTS) is 1. The lowest BCUT2D eigenvalue weighted by molar-refractivity contribution is -0.138. The van der Waals surface area contributed by atoms with Gasteiger partial charge >= 0.3 is 5.97 Å². The molecule has 142 valence electrons. The highest BCUT2D eigenvalue weighted by molar-refractivity contribution is 8.01. The van der Waals surface area contributed by atoms with Gasteiger partial charge in [-0.15, -0.1) is 11.8 Å². The number of aromatic nitrogens is 3. The highest BCUT2D eigenvalue weighted by Crippen LogP contribution is 2.37. The number of halogens is 1. The van der Waals surface area contributed by atoms with E-state index in [1.54, 1.807) is 19.9 Å². The second-order valence-corrected chi connectivity index (χ2v) is 9.67. The number of carboxylic acids is 1. The van der Waals surface area contributed by atoms with E-state index in [-0.39, 0.29) is 5.41 Å². The molecule has 0 saturated carbocycles. The number of hydrogen-bond acceptors (Lipinski definition) is 4. The molecule has 0 saturated heterocycles. The third-order valence-corrected chi connectivity index (χ3v) is 5.48. The molecule has 0 aliphatic rings. The Bertz CT molecular complexity index is 1020. The third kappa shape index (κ3) is 3.98. The average molecular weight is 387 g/mol. The minimum absolute atomic E-state index is 0.109. The first kappa shape index (κ1) is 19.4. The van der Waals surface area contributed by atoms with Crippen LogP contribution in [0.25, 0.3) is 22.3 Å². The van der Waals surface area contributed by atoms with E-state index in [4.69, 9.17) is 0 Å². The van der Waals surface area contributed by atoms with E-state index in [1.165, 1.54) is 12.4 Å². The summed E-state index contributed by atoms with van der Waals surface area (Å²) in [6.45, 7) is 9.34. The summed E-state index contributed by atoms with van der Waals surface area (Å²) in [7, 11) is 0. The predicted molar refractivity (Wildman–Crippen MR) is 106 cm³/mol. The average Bonchev–Trinajstić information content (AvgIpc) is 2.97. The van der Waals surface area contributed by atoms with Gasteiger partial charge in [-0.2, -0.15) is 0 Å². The minimum Gasteiger partial charge on any atom is -0.480 e. The van der Waals surface area contributed by atoms with Crippen LogP contribution >= 0.6 is 11.8 Å². The molecule has 2 N–H and O–H groups in total. The Morgan fingerprint density at radius 3 is 2.44 bits per heavy atom. The molecule has 0 spiro atoms. The van der Waals surface area contributed by atoms with Crippen molar-refractivity contribution in [1.29, 1.82) is 0 Å². The lowest BCUT2D eigenvalue weighted by atomic mass is 9.91. The van der Waals surface area contributed by atoms with Crippen LogP contribution in [0.15, 0.2) is 35.5 Å². The van der Waals surface area contributed by atoms with Crippen LogP contribution in [0.3, 0.4) is 0 Å². The summed E-state index contributed by atoms with van der Waals surface area (Å²) < 4.78 is 13.4. The number of aromatic amines is 1. The molecule has 0 fully saturated rings. The Hall–Kier alpha value is -2.41. The van der Waals surface area contributed by atoms with Crippen LogP contribution in [-0.2, 0) is 10.2 Å². The molecule has 0 unspecified atom stereocenters. The molecule has 3 aromatic rings. The Morgan fingerprint density at radius 2 is 1.81 bits per heavy atom. The number of H-pyrrole nitrogens is 1. The summed E-state index contributed by atoms with van der Waals surface area (Å²) in [6.07, 6.45) is 1.53. The molecule has 0 atom stereocenters. The lowest BCUT2D eigenvalue weighted by Crippen LogP contribution is -2.27. The van der Waals surface area contributed by atoms with Crippen molar-refractivity contribution in [2.75, 3.05) is 0 Å². The number of rotatable bonds is 4. The van der Waals surface area contributed by atoms with Gasteiger partial charge in [0.05, 0.1) is 11.4 Å². The number of nitrogens with zero attached hydrogens (tertiary/aromatic N) is 2. The standard InChI is InChI=1S/C20H22FN3O2S/c1-19(2,3)17-9-14(22-10-23-17)15-6-11-7-16(12(21)8-13(11)24-15)27-20(4,5)18(25)26/h6-10,24H,1-5H3,(H,25,26). The van der Waals surface area contributed by atoms with E-state index >= 15 is 0 Å². The Morgan fingerprint density at radius 1 is 1.11 bits per heavy atom. The number of thioether (sulfide) groups is 1. The molecule has 3 rings (SSSR count). The Kier molecular flexibility index (Phi) is 4.76. The first-order chi connectivity index (χ1) is 12.5. The van der Waals surface area contributed by atoms with Crippen LogP contribution < -0.4 is 0 Å². The summed E-state index contributed by atoms with van der Waals surface area (Å²) in [6, 6.07) is 6.88. The van der Waals surface area contributed by atoms with Crippen LogP contribution in [-0.4, -0.2) is 30.8 Å². The summed E-state index contributed by atoms with van der Waals surface area (Å²) in [5.74, 6) is -1.44. The summed E-state index contributed by atoms with van der Waals surface area (Å²) in [5.41, 5.74) is 2.93. The normalized spacial score (nSPS) is 12.5. The van der Waals surface area contributed by atoms with Gasteiger partial charge in [0.25, 0.3) is 0 Å². The maximum absolute atomic E-state index is 14.5. The molecule has 2 aromatic heterocycles. The highest BCUT2D eigenvalue weighted by atomic mass is 32.2. The van der Waals surface area contributed by atoms with Crippen LogP contribution in [0.2, 0.25) is 0 Å². The first-order valence-electron chi connectivity index (χ1n) is 8.55. The van der Waals surface area contributed by atoms with Crippen molar-refractivity contribution in [1.82, 2.24) is 15.0 Å². The number of hydrogen-bond donors (Lipinski definition) is 2. The summed E-state index contributed by atoms with van der Waals surface area (Å²) in [5, 5.41) is 10.1. The van der Waals surface area contributed by atoms with Crippen molar-refractivity contribution in [3.63, 3.8) is 0 Å². The number of nitrogens with one attached hydrogen (secondary N) is 1. The maximum Gasteiger partial charge on any atom is 0.319 e. The topological polar surface area (TPSA) is 78.9 Å². The zero-order valence-corrected chi connectivity index (χ0v) is 16.7. The largest absolute Gasteiger partial charge is 0.480 e. The first-order valence-corrected chi connectivity index (χ1v) is 9.36. The number of fused-ring (bicyclic) bond motifs is 1. The fraction of sp³-hybridized carbons (Fsp3) is 0.350. The SMILES string of the molecule is CC(C)(Sc1cc2cc(-c3cc(C(C)(C)C)ncn3)[nH]c2cc1F)C(=O)O. The molecular weight excluding hydrogens is 365 g/mol. The van der Waals surface area contributed by atoms with Gasteiger partial charge in [0, 0.05) is 26.9 Å². The van der Waals surface area contributed by atoms with Gasteiger partial charge in [0.15, 0.2) is 0 Å². The summed E-state index contributed by atoms with van der Waals surface area (Å²) in [4.78, 5) is 23.5. The van der Waals surface area contributed by atoms with Gasteiger partial charge in [0.1, 0.15) is 16.9 Å². The smallest absolute Gasteiger partial charge is 0.319 e. The molecule has 2 heterocycles. The van der Waals surface area contributed by atoms with Crippen molar-refractivity contribution in [3.05, 3.63) is 42.1 Å². The Balaban J connectivity index is 2.03. The molecule has 5 nitrogen and oxygen atoms in total. The monoisotopic (exact) mass is 387 g/mol. The molecule has 1 aromatic carbocycles. The van der Waals surface area contributed by atoms with E-state index in [0.29, 0.717) is 10.4 Å². The van der Waals surface area contributed by atoms with Crippen LogP contribution in [0.4, 0.5) is 4.39 Å². The van der Waals surface area contributed by atoms with Crippen molar-refractivity contribution in [3.8, 4) is 11.4 Å². The third-order valence-electron chi connectivity index (χ3n) is 4.26. The predicted octanol–water partition coefficient (Wildman–Crippen LogP) is 5.02. The molecule has 27 heavy (non-hydrogen) atoms. The zero-order valence-electron chi connectivity index (χ0n) is 15.9. The summed E-state index contributed by atoms with van der Waals surface area (Å²) >= 11 is 0.992. The fourth-order valence-electron chi connectivity index (χ4n) is 2.58. The van der Waals surface area contributed by atoms with Gasteiger partial charge in [-0.1, -0.05) is 20.8 Å². The van der Waals surface area contributed by atoms with Gasteiger partial charge < -0.3 is 10.1 Å². The van der Waals surface area contributed by atoms with Crippen molar-refractivity contribution >= 4 is 28.6 Å². The molecular formula is C20H22FN3O2S. The molecule has 7 heteroatoms. The van der Waals surface area contributed by atoms with Crippen LogP contribution in [0.1, 0.15) is 40.3 Å². The number of aliphatic carboxylic acids is 1.